The number of rotatable bonds is 15. The van der Waals surface area contributed by atoms with Crippen LogP contribution < -0.4 is 0 Å². The maximum atomic E-state index is 11.3. The Morgan fingerprint density at radius 1 is 0.558 bits per heavy atom. The highest BCUT2D eigenvalue weighted by molar-refractivity contribution is 9.11. The van der Waals surface area contributed by atoms with E-state index in [1.165, 1.54) is 7.06 Å². The third-order valence-electron chi connectivity index (χ3n) is 12.6. The molecule has 0 bridgehead atoms. The van der Waals surface area contributed by atoms with E-state index in [4.69, 9.17) is 161 Å². The van der Waals surface area contributed by atoms with Gasteiger partial charge in [-0.1, -0.05) is 5.57 Å². The molecule has 0 fully saturated rings. The smallest absolute Gasteiger partial charge is 0.265 e. The molecule has 0 unspecified atom stereocenters. The van der Waals surface area contributed by atoms with Crippen molar-refractivity contribution in [3.63, 3.8) is 0 Å². The number of hydrogen-bond donors (Lipinski definition) is 0. The van der Waals surface area contributed by atoms with Crippen molar-refractivity contribution >= 4 is 308 Å². The van der Waals surface area contributed by atoms with Crippen LogP contribution in [0.5, 0.6) is 0 Å². The summed E-state index contributed by atoms with van der Waals surface area (Å²) in [5.74, 6) is 2.95. The number of carbonyl (C=O) groups is 2. The van der Waals surface area contributed by atoms with E-state index in [-0.39, 0.29) is 17.3 Å². The lowest BCUT2D eigenvalue weighted by atomic mass is 8.44. The van der Waals surface area contributed by atoms with Gasteiger partial charge in [-0.25, -0.2) is 10.1 Å². The summed E-state index contributed by atoms with van der Waals surface area (Å²) in [6.07, 6.45) is -4.37. The van der Waals surface area contributed by atoms with Crippen molar-refractivity contribution in [1.29, 1.82) is 5.26 Å². The third-order valence-corrected chi connectivity index (χ3v) is 14.3. The number of ether oxygens (including phenoxy) is 1. The normalized spacial score (nSPS) is 13.5. The third kappa shape index (κ3) is 23.9. The molecule has 0 saturated heterocycles. The molecule has 6 rings (SSSR count). The number of allylic oxidation sites excluding steroid dienone is 8. The Balaban J connectivity index is 0.000000471. The molecule has 333 valence electrons. The van der Waals surface area contributed by atoms with Crippen molar-refractivity contribution in [2.75, 3.05) is 7.11 Å². The topological polar surface area (TPSA) is 111 Å². The van der Waals surface area contributed by atoms with Gasteiger partial charge in [-0.3, -0.25) is 9.59 Å². The molecule has 3 aliphatic rings. The Hall–Kier alpha value is -1.15. The van der Waals surface area contributed by atoms with Gasteiger partial charge in [0.25, 0.3) is 5.70 Å². The van der Waals surface area contributed by atoms with E-state index in [1.54, 1.807) is 7.11 Å². The van der Waals surface area contributed by atoms with Crippen LogP contribution in [-0.2, 0) is 14.3 Å². The van der Waals surface area contributed by atoms with Gasteiger partial charge in [0.05, 0.1) is 19.8 Å². The van der Waals surface area contributed by atoms with Gasteiger partial charge < -0.3 is 18.0 Å². The van der Waals surface area contributed by atoms with Gasteiger partial charge in [0.1, 0.15) is 17.3 Å². The average molecular weight is 1220 g/mol. The van der Waals surface area contributed by atoms with Crippen molar-refractivity contribution in [2.24, 2.45) is 0 Å². The molecular formula is C34H30B31Br4N2O6. The Labute approximate surface area is 520 Å². The second kappa shape index (κ2) is 37.1. The van der Waals surface area contributed by atoms with E-state index in [1.807, 2.05) is 63.2 Å². The minimum absolute atomic E-state index is 0.197. The van der Waals surface area contributed by atoms with E-state index < -0.39 is 83.0 Å². The first kappa shape index (κ1) is 73.9. The van der Waals surface area contributed by atoms with Crippen LogP contribution in [0.4, 0.5) is 0 Å². The Kier molecular flexibility index (Phi) is 35.6. The van der Waals surface area contributed by atoms with Crippen LogP contribution in [0.15, 0.2) is 102 Å². The Morgan fingerprint density at radius 3 is 1.21 bits per heavy atom. The minimum atomic E-state index is -0.807. The van der Waals surface area contributed by atoms with Gasteiger partial charge in [-0.05, 0) is 157 Å². The van der Waals surface area contributed by atoms with Crippen LogP contribution in [0.3, 0.4) is 0 Å². The highest BCUT2D eigenvalue weighted by Crippen LogP contribution is 2.40. The Bertz CT molecular complexity index is 2530. The van der Waals surface area contributed by atoms with Crippen LogP contribution in [0.25, 0.3) is 16.0 Å². The zero-order valence-electron chi connectivity index (χ0n) is 43.5. The van der Waals surface area contributed by atoms with Crippen molar-refractivity contribution in [3.05, 3.63) is 112 Å². The first-order chi connectivity index (χ1) is 35.9. The molecule has 3 aromatic heterocycles. The van der Waals surface area contributed by atoms with Crippen LogP contribution >= 0.6 is 63.7 Å². The van der Waals surface area contributed by atoms with Gasteiger partial charge in [-0.15, -0.1) is 0 Å². The van der Waals surface area contributed by atoms with Gasteiger partial charge in [0.2, 0.25) is 0 Å². The molecule has 0 amide bonds. The van der Waals surface area contributed by atoms with Crippen LogP contribution in [0.2, 0.25) is 0 Å². The first-order valence-corrected chi connectivity index (χ1v) is 26.9. The maximum absolute atomic E-state index is 11.3. The highest BCUT2D eigenvalue weighted by atomic mass is 79.9. The van der Waals surface area contributed by atoms with Gasteiger partial charge in [0.15, 0.2) is 30.2 Å². The summed E-state index contributed by atoms with van der Waals surface area (Å²) in [7, 11) is 97.7. The molecule has 3 heterocycles. The number of hydrogen-bond acceptors (Lipinski definition) is 7. The lowest BCUT2D eigenvalue weighted by Gasteiger charge is -2.37. The average Bonchev–Trinajstić information content (AvgIpc) is 4.24. The maximum Gasteiger partial charge on any atom is 0.265 e. The summed E-state index contributed by atoms with van der Waals surface area (Å²) in [6.45, 7) is 12.6. The summed E-state index contributed by atoms with van der Waals surface area (Å²) >= 11 is 12.8. The SMILES string of the molecule is Brc1ccc(Br)o1.CC1=C(c2ccc(Br)o2)CCC1=O.COC1=C(C)C(=O)CC1.[B]B([B])B([B])B(B([B])[B])B(B([B])[B])B([B])[B].[B][B]B([B])B(B([B])[B])B(B([B])[B])B([B])[B].[C-]#[N+]/C(C#N)=C1/CCC(c2ccc(Br)o2)=C1C. The number of Topliss-reactive ketones (excluding diaryl/α,β-unsaturated/α-hetero) is 2. The zero-order valence-corrected chi connectivity index (χ0v) is 49.8. The second-order valence-electron chi connectivity index (χ2n) is 17.8. The molecule has 0 saturated carbocycles. The summed E-state index contributed by atoms with van der Waals surface area (Å²) < 4.78 is 23.7. The molecule has 0 aromatic carbocycles. The number of halogens is 4. The second-order valence-corrected chi connectivity index (χ2v) is 20.9. The highest BCUT2D eigenvalue weighted by Gasteiger charge is 2.39. The molecule has 35 radical (unpaired) electrons. The Morgan fingerprint density at radius 2 is 0.935 bits per heavy atom. The van der Waals surface area contributed by atoms with Crippen molar-refractivity contribution < 1.29 is 27.6 Å². The van der Waals surface area contributed by atoms with Gasteiger partial charge >= 0.3 is 0 Å². The number of furan rings is 3. The summed E-state index contributed by atoms with van der Waals surface area (Å²) in [4.78, 5) is 25.3. The lowest BCUT2D eigenvalue weighted by molar-refractivity contribution is -0.115. The number of ketones is 2. The molecule has 3 aromatic rings. The fourth-order valence-electron chi connectivity index (χ4n) is 8.38. The van der Waals surface area contributed by atoms with Crippen molar-refractivity contribution in [3.8, 4) is 6.07 Å². The largest absolute Gasteiger partial charge is 0.501 e. The molecule has 0 N–H and O–H groups in total. The fourth-order valence-corrected chi connectivity index (χ4v) is 9.83. The number of nitriles is 1. The van der Waals surface area contributed by atoms with Crippen LogP contribution in [0, 0.1) is 17.9 Å². The monoisotopic (exact) mass is 1220 g/mol. The molecule has 77 heavy (non-hydrogen) atoms. The molecule has 8 nitrogen and oxygen atoms in total. The number of nitrogens with zero attached hydrogens (tertiary/aromatic N) is 2. The molecule has 0 spiro atoms. The first-order valence-electron chi connectivity index (χ1n) is 23.7. The summed E-state index contributed by atoms with van der Waals surface area (Å²) in [5, 5.41) is 8.89. The standard InChI is InChI=1S/C13H9BrN2O.C10H9BrO2.C7H10O2.C4H2Br2O.B16.B15/c1-8-9(11(7-15)16-2)3-4-10(8)12-5-6-13(14)17-12;1-6-7(2-3-8(6)12)9-4-5-10(11)13-9;1-5-6(8)3-4-7(5)9-2;5-3-1-2-4(6)7-3;1-10(2)14(9)16(13(7)8)15(11(3)4)12(5)6;1-9-13(8)15(12(6)7)14(10(2)3)11(4)5/h5-6H,3-4H2,1H3;4-5H,2-3H2,1H3;3-4H2,1-2H3;1-2H;;/b11-9-;;;;;. The number of carbonyl (C=O) groups excluding carboxylic acids is 2. The predicted octanol–water partition coefficient (Wildman–Crippen LogP) is -0.246. The van der Waals surface area contributed by atoms with Crippen LogP contribution in [-0.4, -0.2) is 240 Å². The summed E-state index contributed by atoms with van der Waals surface area (Å²) in [6, 6.07) is 13.1. The fraction of sp³-hybridized carbons (Fsp3) is 0.294. The molecular weight excluding hydrogens is 1190 g/mol. The van der Waals surface area contributed by atoms with Gasteiger partial charge in [0, 0.05) is 252 Å². The number of methoxy groups -OCH3 is 1. The molecule has 0 atom stereocenters. The summed E-state index contributed by atoms with van der Waals surface area (Å²) in [5.41, 5.74) is 5.84. The van der Waals surface area contributed by atoms with Crippen LogP contribution in [0.1, 0.15) is 70.8 Å². The van der Waals surface area contributed by atoms with E-state index in [2.05, 4.69) is 68.6 Å². The van der Waals surface area contributed by atoms with Gasteiger partial charge in [-0.2, -0.15) is 0 Å². The lowest BCUT2D eigenvalue weighted by Crippen LogP contribution is -2.75. The van der Waals surface area contributed by atoms with Crippen molar-refractivity contribution in [1.82, 2.24) is 0 Å². The molecule has 43 heteroatoms. The molecule has 0 aliphatic heterocycles. The van der Waals surface area contributed by atoms with E-state index in [9.17, 15) is 9.59 Å². The predicted molar refractivity (Wildman–Crippen MR) is 367 cm³/mol. The quantitative estimate of drug-likeness (QED) is 0.118. The van der Waals surface area contributed by atoms with E-state index >= 15 is 0 Å². The van der Waals surface area contributed by atoms with E-state index in [0.717, 1.165) is 85.7 Å². The molecule has 3 aliphatic carbocycles. The van der Waals surface area contributed by atoms with Crippen molar-refractivity contribution in [2.45, 2.75) is 59.3 Å². The minimum Gasteiger partial charge on any atom is -0.501 e. The van der Waals surface area contributed by atoms with E-state index in [0.29, 0.717) is 22.2 Å². The zero-order chi connectivity index (χ0) is 59.2.